The molecule has 0 aliphatic rings. The lowest BCUT2D eigenvalue weighted by Gasteiger charge is -2.08. The van der Waals surface area contributed by atoms with Gasteiger partial charge < -0.3 is 10.1 Å². The standard InChI is InChI=1S/C23H18N2O3S/c1-15-24-21(17-8-3-2-4-9-17)22(29-15)23(27)28-14-20(26)25-19-12-11-16-7-5-6-10-18(16)13-19/h2-13H,14H2,1H3,(H,25,26). The number of fused-ring (bicyclic) bond motifs is 1. The highest BCUT2D eigenvalue weighted by Crippen LogP contribution is 2.28. The van der Waals surface area contributed by atoms with Gasteiger partial charge in [-0.15, -0.1) is 11.3 Å². The number of aromatic nitrogens is 1. The third-order valence-corrected chi connectivity index (χ3v) is 5.29. The number of carbonyl (C=O) groups excluding carboxylic acids is 2. The Bertz CT molecular complexity index is 1190. The van der Waals surface area contributed by atoms with E-state index in [4.69, 9.17) is 4.74 Å². The summed E-state index contributed by atoms with van der Waals surface area (Å²) in [5.74, 6) is -0.945. The Balaban J connectivity index is 1.42. The summed E-state index contributed by atoms with van der Waals surface area (Å²) >= 11 is 1.26. The van der Waals surface area contributed by atoms with Crippen LogP contribution in [0.5, 0.6) is 0 Å². The van der Waals surface area contributed by atoms with Gasteiger partial charge in [-0.1, -0.05) is 60.7 Å². The highest BCUT2D eigenvalue weighted by Gasteiger charge is 2.20. The fraction of sp³-hybridized carbons (Fsp3) is 0.0870. The van der Waals surface area contributed by atoms with E-state index >= 15 is 0 Å². The second-order valence-corrected chi connectivity index (χ2v) is 7.67. The van der Waals surface area contributed by atoms with E-state index in [0.29, 0.717) is 16.3 Å². The molecule has 0 bridgehead atoms. The number of hydrogen-bond acceptors (Lipinski definition) is 5. The summed E-state index contributed by atoms with van der Waals surface area (Å²) in [6.45, 7) is 1.47. The van der Waals surface area contributed by atoms with Crippen LogP contribution in [0, 0.1) is 6.92 Å². The lowest BCUT2D eigenvalue weighted by atomic mass is 10.1. The van der Waals surface area contributed by atoms with Gasteiger partial charge in [-0.3, -0.25) is 4.79 Å². The predicted molar refractivity (Wildman–Crippen MR) is 115 cm³/mol. The van der Waals surface area contributed by atoms with Crippen LogP contribution in [0.15, 0.2) is 72.8 Å². The molecule has 144 valence electrons. The molecule has 1 heterocycles. The Kier molecular flexibility index (Phi) is 5.35. The van der Waals surface area contributed by atoms with Crippen LogP contribution in [-0.4, -0.2) is 23.5 Å². The van der Waals surface area contributed by atoms with Gasteiger partial charge in [-0.25, -0.2) is 9.78 Å². The minimum atomic E-state index is -0.553. The lowest BCUT2D eigenvalue weighted by molar-refractivity contribution is -0.119. The molecular formula is C23H18N2O3S. The van der Waals surface area contributed by atoms with Crippen LogP contribution in [0.3, 0.4) is 0 Å². The maximum atomic E-state index is 12.6. The lowest BCUT2D eigenvalue weighted by Crippen LogP contribution is -2.20. The first-order valence-corrected chi connectivity index (χ1v) is 9.90. The third-order valence-electron chi connectivity index (χ3n) is 4.33. The SMILES string of the molecule is Cc1nc(-c2ccccc2)c(C(=O)OCC(=O)Nc2ccc3ccccc3c2)s1. The molecule has 0 spiro atoms. The Hall–Kier alpha value is -3.51. The third kappa shape index (κ3) is 4.33. The Morgan fingerprint density at radius 3 is 2.48 bits per heavy atom. The predicted octanol–water partition coefficient (Wildman–Crippen LogP) is 5.07. The monoisotopic (exact) mass is 402 g/mol. The topological polar surface area (TPSA) is 68.3 Å². The van der Waals surface area contributed by atoms with Crippen molar-refractivity contribution in [3.05, 3.63) is 82.7 Å². The van der Waals surface area contributed by atoms with Gasteiger partial charge in [0.1, 0.15) is 4.88 Å². The molecule has 0 unspecified atom stereocenters. The minimum absolute atomic E-state index is 0.364. The van der Waals surface area contributed by atoms with E-state index in [9.17, 15) is 9.59 Å². The van der Waals surface area contributed by atoms with Crippen molar-refractivity contribution < 1.29 is 14.3 Å². The molecule has 0 aliphatic carbocycles. The molecule has 0 atom stereocenters. The quantitative estimate of drug-likeness (QED) is 0.474. The summed E-state index contributed by atoms with van der Waals surface area (Å²) in [4.78, 5) is 29.6. The average Bonchev–Trinajstić information content (AvgIpc) is 3.14. The van der Waals surface area contributed by atoms with E-state index in [1.807, 2.05) is 79.7 Å². The van der Waals surface area contributed by atoms with E-state index in [1.165, 1.54) is 11.3 Å². The molecule has 5 nitrogen and oxygen atoms in total. The molecule has 29 heavy (non-hydrogen) atoms. The highest BCUT2D eigenvalue weighted by atomic mass is 32.1. The van der Waals surface area contributed by atoms with Crippen molar-refractivity contribution in [1.29, 1.82) is 0 Å². The van der Waals surface area contributed by atoms with Crippen LogP contribution in [0.2, 0.25) is 0 Å². The molecule has 1 N–H and O–H groups in total. The van der Waals surface area contributed by atoms with E-state index < -0.39 is 11.9 Å². The number of nitrogens with zero attached hydrogens (tertiary/aromatic N) is 1. The first kappa shape index (κ1) is 18.8. The number of benzene rings is 3. The maximum Gasteiger partial charge on any atom is 0.351 e. The van der Waals surface area contributed by atoms with Gasteiger partial charge in [0.05, 0.1) is 10.7 Å². The van der Waals surface area contributed by atoms with E-state index in [0.717, 1.165) is 21.3 Å². The van der Waals surface area contributed by atoms with Gasteiger partial charge in [-0.05, 0) is 29.8 Å². The zero-order valence-electron chi connectivity index (χ0n) is 15.7. The van der Waals surface area contributed by atoms with Gasteiger partial charge in [0.25, 0.3) is 5.91 Å². The number of carbonyl (C=O) groups is 2. The normalized spacial score (nSPS) is 10.7. The zero-order valence-corrected chi connectivity index (χ0v) is 16.5. The molecule has 0 fully saturated rings. The molecule has 4 aromatic rings. The molecule has 0 saturated heterocycles. The first-order valence-electron chi connectivity index (χ1n) is 9.09. The van der Waals surface area contributed by atoms with Crippen LogP contribution >= 0.6 is 11.3 Å². The zero-order chi connectivity index (χ0) is 20.2. The Morgan fingerprint density at radius 2 is 1.69 bits per heavy atom. The average molecular weight is 402 g/mol. The van der Waals surface area contributed by atoms with Crippen molar-refractivity contribution in [1.82, 2.24) is 4.98 Å². The molecule has 1 amide bonds. The van der Waals surface area contributed by atoms with Gasteiger partial charge >= 0.3 is 5.97 Å². The minimum Gasteiger partial charge on any atom is -0.451 e. The smallest absolute Gasteiger partial charge is 0.351 e. The van der Waals surface area contributed by atoms with Crippen LogP contribution in [0.1, 0.15) is 14.7 Å². The molecule has 4 rings (SSSR count). The molecule has 1 aromatic heterocycles. The maximum absolute atomic E-state index is 12.6. The second-order valence-electron chi connectivity index (χ2n) is 6.46. The summed E-state index contributed by atoms with van der Waals surface area (Å²) in [5.41, 5.74) is 2.07. The number of anilines is 1. The van der Waals surface area contributed by atoms with E-state index in [-0.39, 0.29) is 6.61 Å². The van der Waals surface area contributed by atoms with Crippen LogP contribution in [0.4, 0.5) is 5.69 Å². The van der Waals surface area contributed by atoms with Crippen molar-refractivity contribution in [3.63, 3.8) is 0 Å². The number of amides is 1. The summed E-state index contributed by atoms with van der Waals surface area (Å²) < 4.78 is 5.24. The van der Waals surface area contributed by atoms with Crippen molar-refractivity contribution in [2.75, 3.05) is 11.9 Å². The van der Waals surface area contributed by atoms with E-state index in [2.05, 4.69) is 10.3 Å². The van der Waals surface area contributed by atoms with Gasteiger partial charge in [0, 0.05) is 11.3 Å². The van der Waals surface area contributed by atoms with Gasteiger partial charge in [0.15, 0.2) is 6.61 Å². The number of nitrogens with one attached hydrogen (secondary N) is 1. The largest absolute Gasteiger partial charge is 0.451 e. The number of thiazole rings is 1. The summed E-state index contributed by atoms with van der Waals surface area (Å²) in [7, 11) is 0. The number of ether oxygens (including phenoxy) is 1. The van der Waals surface area contributed by atoms with Crippen molar-refractivity contribution in [3.8, 4) is 11.3 Å². The molecule has 3 aromatic carbocycles. The highest BCUT2D eigenvalue weighted by molar-refractivity contribution is 7.14. The first-order chi connectivity index (χ1) is 14.1. The molecule has 0 aliphatic heterocycles. The van der Waals surface area contributed by atoms with Gasteiger partial charge in [0.2, 0.25) is 0 Å². The van der Waals surface area contributed by atoms with Crippen molar-refractivity contribution >= 4 is 39.7 Å². The fourth-order valence-corrected chi connectivity index (χ4v) is 3.85. The van der Waals surface area contributed by atoms with Crippen LogP contribution < -0.4 is 5.32 Å². The molecule has 0 radical (unpaired) electrons. The van der Waals surface area contributed by atoms with Crippen LogP contribution in [-0.2, 0) is 9.53 Å². The fourth-order valence-electron chi connectivity index (χ4n) is 3.02. The second kappa shape index (κ2) is 8.24. The number of rotatable bonds is 5. The molecule has 6 heteroatoms. The summed E-state index contributed by atoms with van der Waals surface area (Å²) in [5, 5.41) is 5.64. The summed E-state index contributed by atoms with van der Waals surface area (Å²) in [6.07, 6.45) is 0. The summed E-state index contributed by atoms with van der Waals surface area (Å²) in [6, 6.07) is 23.0. The van der Waals surface area contributed by atoms with Crippen LogP contribution in [0.25, 0.3) is 22.0 Å². The van der Waals surface area contributed by atoms with Crippen molar-refractivity contribution in [2.24, 2.45) is 0 Å². The Morgan fingerprint density at radius 1 is 0.966 bits per heavy atom. The number of hydrogen-bond donors (Lipinski definition) is 1. The number of aryl methyl sites for hydroxylation is 1. The van der Waals surface area contributed by atoms with Crippen molar-refractivity contribution in [2.45, 2.75) is 6.92 Å². The molecular weight excluding hydrogens is 384 g/mol. The van der Waals surface area contributed by atoms with Gasteiger partial charge in [-0.2, -0.15) is 0 Å². The van der Waals surface area contributed by atoms with E-state index in [1.54, 1.807) is 0 Å². The Labute approximate surface area is 172 Å². The number of esters is 1. The molecule has 0 saturated carbocycles.